The van der Waals surface area contributed by atoms with Gasteiger partial charge >= 0.3 is 12.1 Å². The lowest BCUT2D eigenvalue weighted by Gasteiger charge is -2.13. The standard InChI is InChI=1S/C20H19F3N2O6/c1-13-4-7-15(8-5-13)30-10-2-3-19(27)31-12-18(26)24-17-9-6-14(25(28)29)11-16(17)20(21,22)23/h4-9,11H,2-3,10,12H2,1H3,(H,24,26). The molecule has 1 N–H and O–H groups in total. The number of amides is 1. The molecule has 1 amide bonds. The molecule has 0 bridgehead atoms. The third kappa shape index (κ3) is 7.61. The number of alkyl halides is 3. The van der Waals surface area contributed by atoms with Crippen LogP contribution in [0.25, 0.3) is 0 Å². The summed E-state index contributed by atoms with van der Waals surface area (Å²) < 4.78 is 49.5. The largest absolute Gasteiger partial charge is 0.494 e. The number of non-ortho nitro benzene ring substituents is 1. The Morgan fingerprint density at radius 3 is 2.42 bits per heavy atom. The Kier molecular flexibility index (Phi) is 7.94. The molecular formula is C20H19F3N2O6. The van der Waals surface area contributed by atoms with Crippen molar-refractivity contribution in [3.63, 3.8) is 0 Å². The number of anilines is 1. The summed E-state index contributed by atoms with van der Waals surface area (Å²) in [5, 5.41) is 12.6. The molecule has 2 aromatic rings. The molecule has 0 fully saturated rings. The van der Waals surface area contributed by atoms with Crippen molar-refractivity contribution in [3.8, 4) is 5.75 Å². The number of carbonyl (C=O) groups is 2. The maximum atomic E-state index is 13.1. The van der Waals surface area contributed by atoms with Gasteiger partial charge in [0.15, 0.2) is 6.61 Å². The summed E-state index contributed by atoms with van der Waals surface area (Å²) in [6.45, 7) is 1.37. The molecule has 0 aromatic heterocycles. The average Bonchev–Trinajstić information content (AvgIpc) is 2.70. The maximum Gasteiger partial charge on any atom is 0.418 e. The SMILES string of the molecule is Cc1ccc(OCCCC(=O)OCC(=O)Nc2ccc([N+](=O)[O-])cc2C(F)(F)F)cc1. The predicted octanol–water partition coefficient (Wildman–Crippen LogP) is 4.26. The second-order valence-corrected chi connectivity index (χ2v) is 6.46. The van der Waals surface area contributed by atoms with E-state index in [0.717, 1.165) is 17.7 Å². The highest BCUT2D eigenvalue weighted by Crippen LogP contribution is 2.37. The van der Waals surface area contributed by atoms with Crippen molar-refractivity contribution < 1.29 is 37.2 Å². The first-order chi connectivity index (χ1) is 14.6. The van der Waals surface area contributed by atoms with Gasteiger partial charge in [-0.2, -0.15) is 13.2 Å². The molecule has 2 aromatic carbocycles. The minimum absolute atomic E-state index is 0.0511. The van der Waals surface area contributed by atoms with Gasteiger partial charge in [0, 0.05) is 18.6 Å². The minimum atomic E-state index is -4.93. The first kappa shape index (κ1) is 23.6. The van der Waals surface area contributed by atoms with Crippen molar-refractivity contribution >= 4 is 23.3 Å². The molecular weight excluding hydrogens is 421 g/mol. The molecule has 11 heteroatoms. The van der Waals surface area contributed by atoms with Crippen LogP contribution in [0.3, 0.4) is 0 Å². The van der Waals surface area contributed by atoms with E-state index in [4.69, 9.17) is 9.47 Å². The van der Waals surface area contributed by atoms with Gasteiger partial charge in [-0.15, -0.1) is 0 Å². The highest BCUT2D eigenvalue weighted by molar-refractivity contribution is 5.93. The Morgan fingerprint density at radius 1 is 1.13 bits per heavy atom. The van der Waals surface area contributed by atoms with E-state index in [1.165, 1.54) is 0 Å². The van der Waals surface area contributed by atoms with Crippen LogP contribution in [0.5, 0.6) is 5.75 Å². The van der Waals surface area contributed by atoms with Crippen molar-refractivity contribution in [2.45, 2.75) is 25.9 Å². The first-order valence-electron chi connectivity index (χ1n) is 9.07. The number of benzene rings is 2. The smallest absolute Gasteiger partial charge is 0.418 e. The van der Waals surface area contributed by atoms with Gasteiger partial charge in [-0.25, -0.2) is 0 Å². The fourth-order valence-electron chi connectivity index (χ4n) is 2.43. The third-order valence-electron chi connectivity index (χ3n) is 3.97. The molecule has 0 atom stereocenters. The van der Waals surface area contributed by atoms with Crippen LogP contribution in [0.4, 0.5) is 24.5 Å². The van der Waals surface area contributed by atoms with E-state index in [1.54, 1.807) is 12.1 Å². The fraction of sp³-hybridized carbons (Fsp3) is 0.300. The second kappa shape index (κ2) is 10.4. The lowest BCUT2D eigenvalue weighted by Crippen LogP contribution is -2.23. The van der Waals surface area contributed by atoms with Gasteiger partial charge in [0.1, 0.15) is 5.75 Å². The molecule has 8 nitrogen and oxygen atoms in total. The number of hydrogen-bond acceptors (Lipinski definition) is 6. The molecule has 0 saturated carbocycles. The van der Waals surface area contributed by atoms with Crippen LogP contribution in [-0.2, 0) is 20.5 Å². The zero-order chi connectivity index (χ0) is 23.0. The van der Waals surface area contributed by atoms with Gasteiger partial charge in [0.05, 0.1) is 22.8 Å². The van der Waals surface area contributed by atoms with E-state index in [0.29, 0.717) is 18.2 Å². The summed E-state index contributed by atoms with van der Waals surface area (Å²) >= 11 is 0. The Balaban J connectivity index is 1.80. The number of carbonyl (C=O) groups excluding carboxylic acids is 2. The molecule has 0 aliphatic rings. The topological polar surface area (TPSA) is 108 Å². The van der Waals surface area contributed by atoms with E-state index in [2.05, 4.69) is 0 Å². The minimum Gasteiger partial charge on any atom is -0.494 e. The number of nitro groups is 1. The summed E-state index contributed by atoms with van der Waals surface area (Å²) in [6.07, 6.45) is -4.66. The molecule has 0 radical (unpaired) electrons. The molecule has 0 heterocycles. The quantitative estimate of drug-likeness (QED) is 0.270. The van der Waals surface area contributed by atoms with Crippen LogP contribution in [0.15, 0.2) is 42.5 Å². The van der Waals surface area contributed by atoms with E-state index >= 15 is 0 Å². The number of ether oxygens (including phenoxy) is 2. The molecule has 0 unspecified atom stereocenters. The van der Waals surface area contributed by atoms with Crippen LogP contribution >= 0.6 is 0 Å². The maximum absolute atomic E-state index is 13.1. The number of halogens is 3. The van der Waals surface area contributed by atoms with Gasteiger partial charge in [0.25, 0.3) is 11.6 Å². The Labute approximate surface area is 175 Å². The van der Waals surface area contributed by atoms with Crippen molar-refractivity contribution in [2.24, 2.45) is 0 Å². The lowest BCUT2D eigenvalue weighted by atomic mass is 10.1. The predicted molar refractivity (Wildman–Crippen MR) is 104 cm³/mol. The molecule has 0 spiro atoms. The van der Waals surface area contributed by atoms with Gasteiger partial charge < -0.3 is 14.8 Å². The second-order valence-electron chi connectivity index (χ2n) is 6.46. The zero-order valence-corrected chi connectivity index (χ0v) is 16.4. The van der Waals surface area contributed by atoms with Crippen molar-refractivity contribution in [1.29, 1.82) is 0 Å². The fourth-order valence-corrected chi connectivity index (χ4v) is 2.43. The molecule has 2 rings (SSSR count). The number of nitro benzene ring substituents is 1. The van der Waals surface area contributed by atoms with Crippen molar-refractivity contribution in [2.75, 3.05) is 18.5 Å². The third-order valence-corrected chi connectivity index (χ3v) is 3.97. The number of rotatable bonds is 9. The summed E-state index contributed by atoms with van der Waals surface area (Å²) in [5.74, 6) is -1.09. The molecule has 166 valence electrons. The van der Waals surface area contributed by atoms with Crippen molar-refractivity contribution in [3.05, 3.63) is 63.7 Å². The van der Waals surface area contributed by atoms with Crippen LogP contribution in [0.1, 0.15) is 24.0 Å². The van der Waals surface area contributed by atoms with Gasteiger partial charge in [-0.1, -0.05) is 17.7 Å². The first-order valence-corrected chi connectivity index (χ1v) is 9.07. The number of aryl methyl sites for hydroxylation is 1. The lowest BCUT2D eigenvalue weighted by molar-refractivity contribution is -0.385. The average molecular weight is 440 g/mol. The van der Waals surface area contributed by atoms with Gasteiger partial charge in [-0.05, 0) is 31.5 Å². The van der Waals surface area contributed by atoms with Gasteiger partial charge in [-0.3, -0.25) is 19.7 Å². The van der Waals surface area contributed by atoms with Crippen LogP contribution in [-0.4, -0.2) is 30.0 Å². The number of nitrogens with one attached hydrogen (secondary N) is 1. The van der Waals surface area contributed by atoms with Crippen molar-refractivity contribution in [1.82, 2.24) is 0 Å². The molecule has 0 aliphatic carbocycles. The Bertz CT molecular complexity index is 945. The van der Waals surface area contributed by atoms with Crippen LogP contribution in [0.2, 0.25) is 0 Å². The van der Waals surface area contributed by atoms with E-state index in [-0.39, 0.29) is 13.0 Å². The van der Waals surface area contributed by atoms with Gasteiger partial charge in [0.2, 0.25) is 0 Å². The number of esters is 1. The van der Waals surface area contributed by atoms with E-state index in [1.807, 2.05) is 24.4 Å². The highest BCUT2D eigenvalue weighted by atomic mass is 19.4. The number of hydrogen-bond donors (Lipinski definition) is 1. The summed E-state index contributed by atoms with van der Waals surface area (Å²) in [6, 6.07) is 9.22. The highest BCUT2D eigenvalue weighted by Gasteiger charge is 2.35. The van der Waals surface area contributed by atoms with E-state index in [9.17, 15) is 32.9 Å². The molecule has 31 heavy (non-hydrogen) atoms. The summed E-state index contributed by atoms with van der Waals surface area (Å²) in [5.41, 5.74) is -1.75. The monoisotopic (exact) mass is 440 g/mol. The normalized spacial score (nSPS) is 11.0. The zero-order valence-electron chi connectivity index (χ0n) is 16.4. The van der Waals surface area contributed by atoms with E-state index < -0.39 is 46.5 Å². The van der Waals surface area contributed by atoms with Crippen LogP contribution in [0, 0.1) is 17.0 Å². The van der Waals surface area contributed by atoms with Crippen LogP contribution < -0.4 is 10.1 Å². The summed E-state index contributed by atoms with van der Waals surface area (Å²) in [4.78, 5) is 33.2. The summed E-state index contributed by atoms with van der Waals surface area (Å²) in [7, 11) is 0. The Morgan fingerprint density at radius 2 is 1.81 bits per heavy atom. The molecule has 0 aliphatic heterocycles. The Hall–Kier alpha value is -3.63. The molecule has 0 saturated heterocycles. The number of nitrogens with zero attached hydrogens (tertiary/aromatic N) is 1.